The second-order valence-corrected chi connectivity index (χ2v) is 9.53. The Morgan fingerprint density at radius 1 is 0.625 bits per heavy atom. The average molecular weight is 325 g/mol. The Morgan fingerprint density at radius 3 is 1.88 bits per heavy atom. The third-order valence-electron chi connectivity index (χ3n) is 7.90. The van der Waals surface area contributed by atoms with Gasteiger partial charge in [0.05, 0.1) is 0 Å². The van der Waals surface area contributed by atoms with E-state index in [0.717, 1.165) is 35.5 Å². The molecule has 0 heterocycles. The van der Waals surface area contributed by atoms with Gasteiger partial charge in [-0.1, -0.05) is 43.2 Å². The topological polar surface area (TPSA) is 0 Å². The van der Waals surface area contributed by atoms with Gasteiger partial charge >= 0.3 is 0 Å². The molecule has 0 N–H and O–H groups in total. The summed E-state index contributed by atoms with van der Waals surface area (Å²) in [5.74, 6) is 6.15. The smallest absolute Gasteiger partial charge is 0.0162 e. The van der Waals surface area contributed by atoms with Crippen molar-refractivity contribution in [2.45, 2.75) is 84.0 Å². The number of aryl methyl sites for hydroxylation is 1. The highest BCUT2D eigenvalue weighted by Gasteiger charge is 2.38. The lowest BCUT2D eigenvalue weighted by Gasteiger charge is -2.45. The van der Waals surface area contributed by atoms with Crippen LogP contribution in [0.25, 0.3) is 0 Å². The van der Waals surface area contributed by atoms with E-state index in [9.17, 15) is 0 Å². The predicted octanol–water partition coefficient (Wildman–Crippen LogP) is 7.12. The number of hydrogen-bond acceptors (Lipinski definition) is 0. The molecule has 0 heteroatoms. The number of benzene rings is 1. The first kappa shape index (κ1) is 16.7. The highest BCUT2D eigenvalue weighted by molar-refractivity contribution is 5.24. The molecule has 4 atom stereocenters. The molecule has 3 saturated carbocycles. The summed E-state index contributed by atoms with van der Waals surface area (Å²) in [5.41, 5.74) is 3.00. The van der Waals surface area contributed by atoms with Gasteiger partial charge in [0.1, 0.15) is 0 Å². The maximum absolute atomic E-state index is 2.48. The van der Waals surface area contributed by atoms with Gasteiger partial charge in [0.25, 0.3) is 0 Å². The number of hydrogen-bond donors (Lipinski definition) is 0. The molecule has 0 bridgehead atoms. The molecule has 0 saturated heterocycles. The van der Waals surface area contributed by atoms with Crippen LogP contribution in [-0.2, 0) is 0 Å². The Bertz CT molecular complexity index is 519. The molecule has 4 unspecified atom stereocenters. The van der Waals surface area contributed by atoms with Crippen LogP contribution in [0.2, 0.25) is 0 Å². The van der Waals surface area contributed by atoms with Crippen molar-refractivity contribution in [3.05, 3.63) is 35.4 Å². The fourth-order valence-electron chi connectivity index (χ4n) is 6.35. The van der Waals surface area contributed by atoms with E-state index in [2.05, 4.69) is 38.1 Å². The quantitative estimate of drug-likeness (QED) is 0.543. The molecule has 24 heavy (non-hydrogen) atoms. The minimum atomic E-state index is 0.841. The molecule has 0 aromatic heterocycles. The maximum Gasteiger partial charge on any atom is -0.0162 e. The van der Waals surface area contributed by atoms with Crippen LogP contribution in [0.5, 0.6) is 0 Å². The molecular weight excluding hydrogens is 288 g/mol. The van der Waals surface area contributed by atoms with Crippen LogP contribution in [0.1, 0.15) is 88.2 Å². The molecule has 3 fully saturated rings. The van der Waals surface area contributed by atoms with Crippen LogP contribution in [0.4, 0.5) is 0 Å². The third kappa shape index (κ3) is 3.58. The molecule has 0 aliphatic heterocycles. The Balaban J connectivity index is 1.31. The summed E-state index contributed by atoms with van der Waals surface area (Å²) < 4.78 is 0. The highest BCUT2D eigenvalue weighted by Crippen LogP contribution is 2.49. The van der Waals surface area contributed by atoms with Gasteiger partial charge in [-0.15, -0.1) is 0 Å². The summed E-state index contributed by atoms with van der Waals surface area (Å²) in [6.45, 7) is 4.68. The van der Waals surface area contributed by atoms with Gasteiger partial charge in [0.2, 0.25) is 0 Å². The second-order valence-electron chi connectivity index (χ2n) is 9.53. The van der Waals surface area contributed by atoms with Crippen molar-refractivity contribution in [1.29, 1.82) is 0 Å². The van der Waals surface area contributed by atoms with E-state index < -0.39 is 0 Å². The zero-order valence-electron chi connectivity index (χ0n) is 15.8. The van der Waals surface area contributed by atoms with E-state index in [1.165, 1.54) is 44.1 Å². The Morgan fingerprint density at radius 2 is 1.17 bits per heavy atom. The highest BCUT2D eigenvalue weighted by atomic mass is 14.4. The molecule has 0 nitrogen and oxygen atoms in total. The molecule has 132 valence electrons. The van der Waals surface area contributed by atoms with Gasteiger partial charge in [-0.05, 0) is 106 Å². The lowest BCUT2D eigenvalue weighted by molar-refractivity contribution is 0.0672. The van der Waals surface area contributed by atoms with Gasteiger partial charge in [-0.3, -0.25) is 0 Å². The maximum atomic E-state index is 2.48. The molecule has 0 radical (unpaired) electrons. The van der Waals surface area contributed by atoms with Crippen molar-refractivity contribution in [2.24, 2.45) is 29.6 Å². The summed E-state index contributed by atoms with van der Waals surface area (Å²) >= 11 is 0. The van der Waals surface area contributed by atoms with Gasteiger partial charge < -0.3 is 0 Å². The van der Waals surface area contributed by atoms with Crippen LogP contribution < -0.4 is 0 Å². The summed E-state index contributed by atoms with van der Waals surface area (Å²) in [4.78, 5) is 0. The third-order valence-corrected chi connectivity index (χ3v) is 7.90. The van der Waals surface area contributed by atoms with Gasteiger partial charge in [-0.25, -0.2) is 0 Å². The second kappa shape index (κ2) is 7.22. The molecule has 4 rings (SSSR count). The Kier molecular flexibility index (Phi) is 5.02. The fourth-order valence-corrected chi connectivity index (χ4v) is 6.35. The Hall–Kier alpha value is -0.780. The molecule has 1 aromatic carbocycles. The first-order valence-electron chi connectivity index (χ1n) is 10.8. The van der Waals surface area contributed by atoms with Crippen LogP contribution in [-0.4, -0.2) is 0 Å². The largest absolute Gasteiger partial charge is 0.0625 e. The average Bonchev–Trinajstić information content (AvgIpc) is 2.62. The van der Waals surface area contributed by atoms with Gasteiger partial charge in [0.15, 0.2) is 0 Å². The van der Waals surface area contributed by atoms with Gasteiger partial charge in [-0.2, -0.15) is 0 Å². The van der Waals surface area contributed by atoms with Crippen LogP contribution in [0, 0.1) is 36.5 Å². The van der Waals surface area contributed by atoms with Crippen molar-refractivity contribution >= 4 is 0 Å². The van der Waals surface area contributed by atoms with Crippen LogP contribution in [0.15, 0.2) is 24.3 Å². The van der Waals surface area contributed by atoms with Crippen LogP contribution >= 0.6 is 0 Å². The van der Waals surface area contributed by atoms with E-state index in [4.69, 9.17) is 0 Å². The van der Waals surface area contributed by atoms with Crippen LogP contribution in [0.3, 0.4) is 0 Å². The van der Waals surface area contributed by atoms with E-state index >= 15 is 0 Å². The first-order chi connectivity index (χ1) is 11.7. The van der Waals surface area contributed by atoms with Crippen molar-refractivity contribution in [2.75, 3.05) is 0 Å². The van der Waals surface area contributed by atoms with E-state index in [1.54, 1.807) is 31.2 Å². The first-order valence-corrected chi connectivity index (χ1v) is 10.8. The molecule has 0 spiro atoms. The molecule has 1 aromatic rings. The SMILES string of the molecule is Cc1ccc(C2CCC(C3CCC4CC(C)CCC4C3)CC2)cc1. The number of rotatable bonds is 2. The molecule has 3 aliphatic carbocycles. The lowest BCUT2D eigenvalue weighted by Crippen LogP contribution is -2.34. The van der Waals surface area contributed by atoms with E-state index in [0.29, 0.717) is 0 Å². The predicted molar refractivity (Wildman–Crippen MR) is 103 cm³/mol. The van der Waals surface area contributed by atoms with Gasteiger partial charge in [0, 0.05) is 0 Å². The zero-order chi connectivity index (χ0) is 16.5. The molecular formula is C24H36. The summed E-state index contributed by atoms with van der Waals surface area (Å²) in [6.07, 6.45) is 15.1. The monoisotopic (exact) mass is 324 g/mol. The minimum Gasteiger partial charge on any atom is -0.0625 e. The lowest BCUT2D eigenvalue weighted by atomic mass is 9.61. The summed E-state index contributed by atoms with van der Waals surface area (Å²) in [5, 5.41) is 0. The molecule has 0 amide bonds. The van der Waals surface area contributed by atoms with Crippen molar-refractivity contribution in [3.8, 4) is 0 Å². The van der Waals surface area contributed by atoms with E-state index in [1.807, 2.05) is 0 Å². The normalized spacial score (nSPS) is 40.1. The zero-order valence-corrected chi connectivity index (χ0v) is 15.8. The summed E-state index contributed by atoms with van der Waals surface area (Å²) in [7, 11) is 0. The number of fused-ring (bicyclic) bond motifs is 1. The van der Waals surface area contributed by atoms with E-state index in [-0.39, 0.29) is 0 Å². The van der Waals surface area contributed by atoms with Crippen molar-refractivity contribution in [3.63, 3.8) is 0 Å². The minimum absolute atomic E-state index is 0.841. The fraction of sp³-hybridized carbons (Fsp3) is 0.750. The van der Waals surface area contributed by atoms with Crippen molar-refractivity contribution < 1.29 is 0 Å². The molecule has 3 aliphatic rings. The standard InChI is InChI=1S/C24H36/c1-17-3-6-19(7-4-17)20-9-11-21(12-10-20)23-14-13-22-15-18(2)5-8-24(22)16-23/h3-4,6-7,18,20-24H,5,8-16H2,1-2H3. The van der Waals surface area contributed by atoms with Crippen molar-refractivity contribution in [1.82, 2.24) is 0 Å². The summed E-state index contributed by atoms with van der Waals surface area (Å²) in [6, 6.07) is 9.36. The Labute approximate surface area is 149 Å².